The summed E-state index contributed by atoms with van der Waals surface area (Å²) in [6.07, 6.45) is 1.67. The Bertz CT molecular complexity index is 866. The van der Waals surface area contributed by atoms with Gasteiger partial charge in [-0.2, -0.15) is 0 Å². The molecule has 26 heavy (non-hydrogen) atoms. The molecule has 3 rings (SSSR count). The van der Waals surface area contributed by atoms with Crippen molar-refractivity contribution in [1.82, 2.24) is 4.90 Å². The van der Waals surface area contributed by atoms with Gasteiger partial charge in [-0.15, -0.1) is 0 Å². The lowest BCUT2D eigenvalue weighted by Crippen LogP contribution is -2.33. The molecule has 0 aromatic heterocycles. The number of thioether (sulfide) groups is 1. The number of para-hydroxylation sites is 3. The summed E-state index contributed by atoms with van der Waals surface area (Å²) < 4.78 is 10.5. The van der Waals surface area contributed by atoms with Crippen LogP contribution in [0.25, 0.3) is 6.08 Å². The first kappa shape index (κ1) is 17.9. The number of anilines is 1. The number of methoxy groups -OCH3 is 2. The Morgan fingerprint density at radius 3 is 2.38 bits per heavy atom. The molecule has 1 N–H and O–H groups in total. The van der Waals surface area contributed by atoms with Gasteiger partial charge in [0.15, 0.2) is 0 Å². The Balaban J connectivity index is 1.76. The summed E-state index contributed by atoms with van der Waals surface area (Å²) in [6, 6.07) is 14.7. The van der Waals surface area contributed by atoms with E-state index in [2.05, 4.69) is 5.32 Å². The van der Waals surface area contributed by atoms with Crippen LogP contribution in [0.2, 0.25) is 0 Å². The van der Waals surface area contributed by atoms with Gasteiger partial charge in [0.05, 0.1) is 31.5 Å². The van der Waals surface area contributed by atoms with Crippen molar-refractivity contribution in [2.45, 2.75) is 0 Å². The standard InChI is InChI=1S/C19H18N2O4S/c1-24-15-9-5-3-7-13(15)11-17-18(22)21(19(23)26-17)12-20-14-8-4-6-10-16(14)25-2/h3-11,20H,12H2,1-2H3/b17-11-. The highest BCUT2D eigenvalue weighted by atomic mass is 32.2. The fourth-order valence-electron chi connectivity index (χ4n) is 2.52. The molecule has 2 amide bonds. The molecule has 0 atom stereocenters. The zero-order valence-corrected chi connectivity index (χ0v) is 15.2. The second kappa shape index (κ2) is 7.97. The predicted molar refractivity (Wildman–Crippen MR) is 102 cm³/mol. The molecule has 0 radical (unpaired) electrons. The zero-order chi connectivity index (χ0) is 18.5. The van der Waals surface area contributed by atoms with Gasteiger partial charge in [0.1, 0.15) is 11.5 Å². The lowest BCUT2D eigenvalue weighted by molar-refractivity contribution is -0.122. The van der Waals surface area contributed by atoms with E-state index in [4.69, 9.17) is 9.47 Å². The molecule has 2 aromatic carbocycles. The fraction of sp³-hybridized carbons (Fsp3) is 0.158. The number of carbonyl (C=O) groups is 2. The highest BCUT2D eigenvalue weighted by Gasteiger charge is 2.35. The van der Waals surface area contributed by atoms with Crippen LogP contribution in [0.5, 0.6) is 11.5 Å². The van der Waals surface area contributed by atoms with Crippen LogP contribution < -0.4 is 14.8 Å². The van der Waals surface area contributed by atoms with Crippen LogP contribution in [0, 0.1) is 0 Å². The molecular weight excluding hydrogens is 352 g/mol. The summed E-state index contributed by atoms with van der Waals surface area (Å²) in [7, 11) is 3.13. The number of nitrogens with zero attached hydrogens (tertiary/aromatic N) is 1. The van der Waals surface area contributed by atoms with E-state index in [-0.39, 0.29) is 17.8 Å². The predicted octanol–water partition coefficient (Wildman–Crippen LogP) is 3.81. The third-order valence-corrected chi connectivity index (χ3v) is 4.74. The highest BCUT2D eigenvalue weighted by molar-refractivity contribution is 8.18. The first-order valence-electron chi connectivity index (χ1n) is 7.89. The lowest BCUT2D eigenvalue weighted by Gasteiger charge is -2.16. The topological polar surface area (TPSA) is 67.9 Å². The van der Waals surface area contributed by atoms with Crippen molar-refractivity contribution >= 4 is 34.7 Å². The van der Waals surface area contributed by atoms with Gasteiger partial charge in [-0.25, -0.2) is 0 Å². The van der Waals surface area contributed by atoms with E-state index >= 15 is 0 Å². The molecule has 6 nitrogen and oxygen atoms in total. The number of carbonyl (C=O) groups excluding carboxylic acids is 2. The van der Waals surface area contributed by atoms with Crippen molar-refractivity contribution in [2.75, 3.05) is 26.2 Å². The Morgan fingerprint density at radius 1 is 1.00 bits per heavy atom. The average molecular weight is 370 g/mol. The normalized spacial score (nSPS) is 15.5. The van der Waals surface area contributed by atoms with Gasteiger partial charge in [-0.05, 0) is 36.0 Å². The van der Waals surface area contributed by atoms with Crippen molar-refractivity contribution < 1.29 is 19.1 Å². The molecule has 1 heterocycles. The summed E-state index contributed by atoms with van der Waals surface area (Å²) in [5.74, 6) is 0.948. The Morgan fingerprint density at radius 2 is 1.65 bits per heavy atom. The zero-order valence-electron chi connectivity index (χ0n) is 14.4. The number of hydrogen-bond donors (Lipinski definition) is 1. The minimum atomic E-state index is -0.340. The van der Waals surface area contributed by atoms with Crippen LogP contribution in [0.4, 0.5) is 10.5 Å². The number of ether oxygens (including phenoxy) is 2. The minimum absolute atomic E-state index is 0.0638. The molecule has 0 aliphatic carbocycles. The monoisotopic (exact) mass is 370 g/mol. The van der Waals surface area contributed by atoms with Crippen LogP contribution in [0.3, 0.4) is 0 Å². The smallest absolute Gasteiger partial charge is 0.295 e. The van der Waals surface area contributed by atoms with Crippen LogP contribution in [0.15, 0.2) is 53.4 Å². The van der Waals surface area contributed by atoms with E-state index in [0.717, 1.165) is 17.3 Å². The van der Waals surface area contributed by atoms with E-state index in [1.165, 1.54) is 4.90 Å². The molecule has 2 aromatic rings. The van der Waals surface area contributed by atoms with Crippen molar-refractivity contribution in [1.29, 1.82) is 0 Å². The fourth-order valence-corrected chi connectivity index (χ4v) is 3.35. The van der Waals surface area contributed by atoms with E-state index in [1.54, 1.807) is 32.4 Å². The molecule has 1 saturated heterocycles. The van der Waals surface area contributed by atoms with Gasteiger partial charge in [0, 0.05) is 5.56 Å². The average Bonchev–Trinajstić information content (AvgIpc) is 2.93. The largest absolute Gasteiger partial charge is 0.496 e. The molecule has 1 aliphatic rings. The number of amides is 2. The third kappa shape index (κ3) is 3.67. The van der Waals surface area contributed by atoms with Crippen LogP contribution in [-0.2, 0) is 4.79 Å². The Kier molecular flexibility index (Phi) is 5.48. The maximum atomic E-state index is 12.6. The first-order chi connectivity index (χ1) is 12.6. The van der Waals surface area contributed by atoms with Gasteiger partial charge in [0.25, 0.3) is 11.1 Å². The molecular formula is C19H18N2O4S. The summed E-state index contributed by atoms with van der Waals surface area (Å²) in [4.78, 5) is 26.4. The van der Waals surface area contributed by atoms with Crippen molar-refractivity contribution in [3.05, 3.63) is 59.0 Å². The van der Waals surface area contributed by atoms with E-state index < -0.39 is 0 Å². The van der Waals surface area contributed by atoms with Crippen LogP contribution in [0.1, 0.15) is 5.56 Å². The van der Waals surface area contributed by atoms with E-state index in [0.29, 0.717) is 22.1 Å². The molecule has 1 fully saturated rings. The molecule has 0 spiro atoms. The van der Waals surface area contributed by atoms with Gasteiger partial charge < -0.3 is 14.8 Å². The van der Waals surface area contributed by atoms with Gasteiger partial charge in [-0.1, -0.05) is 30.3 Å². The van der Waals surface area contributed by atoms with Gasteiger partial charge in [0.2, 0.25) is 0 Å². The number of rotatable bonds is 6. The SMILES string of the molecule is COc1ccccc1/C=C1\SC(=O)N(CNc2ccccc2OC)C1=O. The van der Waals surface area contributed by atoms with Crippen LogP contribution in [-0.4, -0.2) is 36.9 Å². The molecule has 1 aliphatic heterocycles. The molecule has 0 saturated carbocycles. The maximum Gasteiger partial charge on any atom is 0.295 e. The van der Waals surface area contributed by atoms with Gasteiger partial charge in [-0.3, -0.25) is 14.5 Å². The number of imide groups is 1. The summed E-state index contributed by atoms with van der Waals surface area (Å²) in [6.45, 7) is 0.0638. The van der Waals surface area contributed by atoms with E-state index in [9.17, 15) is 9.59 Å². The Hall–Kier alpha value is -2.93. The second-order valence-electron chi connectivity index (χ2n) is 5.39. The summed E-state index contributed by atoms with van der Waals surface area (Å²) >= 11 is 0.913. The molecule has 0 unspecified atom stereocenters. The van der Waals surface area contributed by atoms with E-state index in [1.807, 2.05) is 36.4 Å². The summed E-state index contributed by atoms with van der Waals surface area (Å²) in [5.41, 5.74) is 1.46. The van der Waals surface area contributed by atoms with Gasteiger partial charge >= 0.3 is 0 Å². The van der Waals surface area contributed by atoms with Crippen molar-refractivity contribution in [3.63, 3.8) is 0 Å². The third-order valence-electron chi connectivity index (χ3n) is 3.83. The molecule has 7 heteroatoms. The highest BCUT2D eigenvalue weighted by Crippen LogP contribution is 2.34. The Labute approximate surface area is 155 Å². The van der Waals surface area contributed by atoms with Crippen LogP contribution >= 0.6 is 11.8 Å². The van der Waals surface area contributed by atoms with Crippen molar-refractivity contribution in [2.24, 2.45) is 0 Å². The second-order valence-corrected chi connectivity index (χ2v) is 6.38. The maximum absolute atomic E-state index is 12.6. The lowest BCUT2D eigenvalue weighted by atomic mass is 10.2. The minimum Gasteiger partial charge on any atom is -0.496 e. The number of nitrogens with one attached hydrogen (secondary N) is 1. The summed E-state index contributed by atoms with van der Waals surface area (Å²) in [5, 5.41) is 2.75. The number of benzene rings is 2. The number of hydrogen-bond acceptors (Lipinski definition) is 6. The quantitative estimate of drug-likeness (QED) is 0.780. The molecule has 134 valence electrons. The first-order valence-corrected chi connectivity index (χ1v) is 8.71. The van der Waals surface area contributed by atoms with Crippen molar-refractivity contribution in [3.8, 4) is 11.5 Å². The molecule has 0 bridgehead atoms.